The van der Waals surface area contributed by atoms with E-state index in [4.69, 9.17) is 0 Å². The molecule has 0 bridgehead atoms. The van der Waals surface area contributed by atoms with Crippen LogP contribution in [-0.2, 0) is 6.42 Å². The smallest absolute Gasteiger partial charge is 0.0711 e. The molecule has 0 aliphatic carbocycles. The zero-order valence-electron chi connectivity index (χ0n) is 17.8. The van der Waals surface area contributed by atoms with E-state index in [1.807, 2.05) is 0 Å². The molecular formula is C27H32N2. The lowest BCUT2D eigenvalue weighted by atomic mass is 9.84. The molecule has 1 saturated heterocycles. The van der Waals surface area contributed by atoms with E-state index in [-0.39, 0.29) is 5.41 Å². The number of hydrazine groups is 1. The van der Waals surface area contributed by atoms with Gasteiger partial charge in [0.15, 0.2) is 0 Å². The van der Waals surface area contributed by atoms with Gasteiger partial charge >= 0.3 is 0 Å². The van der Waals surface area contributed by atoms with E-state index < -0.39 is 0 Å². The standard InChI is InChI=1S/C27H32N2/c1-27(2,3)24(20-19-21-13-7-4-8-14-21)28-29-25(22-15-9-5-10-16-22)26(29)23-17-11-6-12-18-23/h4-18,24-26,28H,19-20H2,1-3H3/t24?,25-,26-/m1/s1. The highest BCUT2D eigenvalue weighted by Crippen LogP contribution is 2.53. The van der Waals surface area contributed by atoms with Crippen molar-refractivity contribution in [3.05, 3.63) is 108 Å². The summed E-state index contributed by atoms with van der Waals surface area (Å²) in [6.07, 6.45) is 2.21. The van der Waals surface area contributed by atoms with Gasteiger partial charge in [-0.15, -0.1) is 0 Å². The highest BCUT2D eigenvalue weighted by Gasteiger charge is 2.51. The van der Waals surface area contributed by atoms with E-state index in [9.17, 15) is 0 Å². The minimum Gasteiger partial charge on any atom is -0.250 e. The third-order valence-electron chi connectivity index (χ3n) is 6.01. The monoisotopic (exact) mass is 384 g/mol. The molecule has 0 aromatic heterocycles. The zero-order chi connectivity index (χ0) is 20.3. The zero-order valence-corrected chi connectivity index (χ0v) is 17.8. The van der Waals surface area contributed by atoms with Crippen molar-refractivity contribution in [2.45, 2.75) is 51.7 Å². The number of hydrogen-bond donors (Lipinski definition) is 1. The summed E-state index contributed by atoms with van der Waals surface area (Å²) in [6.45, 7) is 7.02. The van der Waals surface area contributed by atoms with Crippen LogP contribution in [0, 0.1) is 5.41 Å². The van der Waals surface area contributed by atoms with Crippen LogP contribution >= 0.6 is 0 Å². The van der Waals surface area contributed by atoms with E-state index >= 15 is 0 Å². The van der Waals surface area contributed by atoms with E-state index in [0.717, 1.165) is 12.8 Å². The lowest BCUT2D eigenvalue weighted by Gasteiger charge is -2.32. The fourth-order valence-electron chi connectivity index (χ4n) is 4.20. The molecule has 150 valence electrons. The van der Waals surface area contributed by atoms with Crippen LogP contribution < -0.4 is 5.43 Å². The maximum atomic E-state index is 3.93. The van der Waals surface area contributed by atoms with Gasteiger partial charge in [-0.2, -0.15) is 0 Å². The molecule has 3 atom stereocenters. The molecule has 1 aliphatic heterocycles. The van der Waals surface area contributed by atoms with Crippen molar-refractivity contribution in [3.8, 4) is 0 Å². The summed E-state index contributed by atoms with van der Waals surface area (Å²) in [5, 5.41) is 2.46. The molecule has 1 N–H and O–H groups in total. The first-order valence-corrected chi connectivity index (χ1v) is 10.7. The van der Waals surface area contributed by atoms with Crippen LogP contribution in [-0.4, -0.2) is 11.1 Å². The SMILES string of the molecule is CC(C)(C)C(CCc1ccccc1)NN1[C@H](c2ccccc2)[C@H]1c1ccccc1. The van der Waals surface area contributed by atoms with Gasteiger partial charge in [0.25, 0.3) is 0 Å². The third-order valence-corrected chi connectivity index (χ3v) is 6.01. The van der Waals surface area contributed by atoms with Crippen LogP contribution in [0.2, 0.25) is 0 Å². The van der Waals surface area contributed by atoms with Crippen LogP contribution in [0.3, 0.4) is 0 Å². The van der Waals surface area contributed by atoms with Crippen LogP contribution in [0.5, 0.6) is 0 Å². The molecule has 1 unspecified atom stereocenters. The molecule has 3 aromatic carbocycles. The normalized spacial score (nSPS) is 22.2. The van der Waals surface area contributed by atoms with E-state index in [1.54, 1.807) is 0 Å². The Balaban J connectivity index is 1.53. The fraction of sp³-hybridized carbons (Fsp3) is 0.333. The molecular weight excluding hydrogens is 352 g/mol. The molecule has 0 saturated carbocycles. The minimum atomic E-state index is 0.180. The quantitative estimate of drug-likeness (QED) is 0.478. The van der Waals surface area contributed by atoms with Crippen molar-refractivity contribution in [2.75, 3.05) is 0 Å². The Morgan fingerprint density at radius 1 is 0.724 bits per heavy atom. The molecule has 1 heterocycles. The Bertz CT molecular complexity index is 839. The van der Waals surface area contributed by atoms with Crippen molar-refractivity contribution in [1.82, 2.24) is 10.4 Å². The second-order valence-corrected chi connectivity index (χ2v) is 9.19. The van der Waals surface area contributed by atoms with E-state index in [2.05, 4.69) is 122 Å². The molecule has 2 nitrogen and oxygen atoms in total. The van der Waals surface area contributed by atoms with Gasteiger partial charge < -0.3 is 0 Å². The van der Waals surface area contributed by atoms with Crippen molar-refractivity contribution in [3.63, 3.8) is 0 Å². The molecule has 1 aliphatic rings. The third kappa shape index (κ3) is 4.77. The fourth-order valence-corrected chi connectivity index (χ4v) is 4.20. The maximum Gasteiger partial charge on any atom is 0.0711 e. The largest absolute Gasteiger partial charge is 0.250 e. The average Bonchev–Trinajstić information content (AvgIpc) is 3.46. The first-order valence-electron chi connectivity index (χ1n) is 10.7. The lowest BCUT2D eigenvalue weighted by Crippen LogP contribution is -2.44. The molecule has 0 radical (unpaired) electrons. The van der Waals surface area contributed by atoms with Gasteiger partial charge in [-0.25, -0.2) is 5.01 Å². The van der Waals surface area contributed by atoms with Crippen LogP contribution in [0.4, 0.5) is 0 Å². The number of hydrogen-bond acceptors (Lipinski definition) is 2. The summed E-state index contributed by atoms with van der Waals surface area (Å²) in [5.41, 5.74) is 8.28. The van der Waals surface area contributed by atoms with Crippen molar-refractivity contribution in [2.24, 2.45) is 5.41 Å². The molecule has 2 heteroatoms. The molecule has 1 fully saturated rings. The summed E-state index contributed by atoms with van der Waals surface area (Å²) in [6, 6.07) is 33.8. The van der Waals surface area contributed by atoms with Gasteiger partial charge in [-0.05, 0) is 34.9 Å². The van der Waals surface area contributed by atoms with E-state index in [0.29, 0.717) is 18.1 Å². The van der Waals surface area contributed by atoms with Crippen LogP contribution in [0.1, 0.15) is 56.0 Å². The molecule has 0 spiro atoms. The van der Waals surface area contributed by atoms with Crippen molar-refractivity contribution in [1.29, 1.82) is 0 Å². The van der Waals surface area contributed by atoms with Crippen LogP contribution in [0.25, 0.3) is 0 Å². The van der Waals surface area contributed by atoms with Crippen molar-refractivity contribution < 1.29 is 0 Å². The predicted octanol–water partition coefficient (Wildman–Crippen LogP) is 6.34. The Morgan fingerprint density at radius 3 is 1.62 bits per heavy atom. The van der Waals surface area contributed by atoms with Gasteiger partial charge in [0.05, 0.1) is 12.1 Å². The second-order valence-electron chi connectivity index (χ2n) is 9.19. The Labute approximate surface area is 175 Å². The first kappa shape index (κ1) is 19.9. The summed E-state index contributed by atoms with van der Waals surface area (Å²) in [7, 11) is 0. The average molecular weight is 385 g/mol. The van der Waals surface area contributed by atoms with Crippen molar-refractivity contribution >= 4 is 0 Å². The van der Waals surface area contributed by atoms with E-state index in [1.165, 1.54) is 16.7 Å². The number of nitrogens with one attached hydrogen (secondary N) is 1. The number of benzene rings is 3. The summed E-state index contributed by atoms with van der Waals surface area (Å²) >= 11 is 0. The highest BCUT2D eigenvalue weighted by molar-refractivity contribution is 5.34. The number of nitrogens with zero attached hydrogens (tertiary/aromatic N) is 1. The number of aryl methyl sites for hydroxylation is 1. The van der Waals surface area contributed by atoms with Gasteiger partial charge in [0.2, 0.25) is 0 Å². The van der Waals surface area contributed by atoms with Crippen LogP contribution in [0.15, 0.2) is 91.0 Å². The summed E-state index contributed by atoms with van der Waals surface area (Å²) < 4.78 is 0. The molecule has 29 heavy (non-hydrogen) atoms. The van der Waals surface area contributed by atoms with Gasteiger partial charge in [-0.1, -0.05) is 112 Å². The maximum absolute atomic E-state index is 3.93. The Hall–Kier alpha value is -2.42. The summed E-state index contributed by atoms with van der Waals surface area (Å²) in [4.78, 5) is 0. The highest BCUT2D eigenvalue weighted by atomic mass is 15.6. The minimum absolute atomic E-state index is 0.180. The molecule has 3 aromatic rings. The molecule has 4 rings (SSSR count). The Morgan fingerprint density at radius 2 is 1.17 bits per heavy atom. The first-order chi connectivity index (χ1) is 14.0. The predicted molar refractivity (Wildman–Crippen MR) is 121 cm³/mol. The lowest BCUT2D eigenvalue weighted by molar-refractivity contribution is 0.173. The van der Waals surface area contributed by atoms with Gasteiger partial charge in [-0.3, -0.25) is 5.43 Å². The van der Waals surface area contributed by atoms with Gasteiger partial charge in [0, 0.05) is 6.04 Å². The molecule has 0 amide bonds. The topological polar surface area (TPSA) is 15.0 Å². The Kier molecular flexibility index (Phi) is 5.84. The second kappa shape index (κ2) is 8.52. The van der Waals surface area contributed by atoms with Gasteiger partial charge in [0.1, 0.15) is 0 Å². The number of rotatable bonds is 7. The summed E-state index contributed by atoms with van der Waals surface area (Å²) in [5.74, 6) is 0.